The van der Waals surface area contributed by atoms with Gasteiger partial charge in [-0.1, -0.05) is 34.8 Å². The van der Waals surface area contributed by atoms with Crippen LogP contribution in [0, 0.1) is 0 Å². The first-order chi connectivity index (χ1) is 13.9. The summed E-state index contributed by atoms with van der Waals surface area (Å²) in [6.45, 7) is 3.33. The molecule has 1 aromatic carbocycles. The van der Waals surface area contributed by atoms with Crippen LogP contribution in [0.5, 0.6) is 5.75 Å². The van der Waals surface area contributed by atoms with Crippen LogP contribution < -0.4 is 15.6 Å². The number of hydrogen-bond donors (Lipinski definition) is 2. The number of carbonyl (C=O) groups is 1. The molecule has 1 amide bonds. The van der Waals surface area contributed by atoms with Gasteiger partial charge in [0.1, 0.15) is 16.9 Å². The quantitative estimate of drug-likeness (QED) is 0.615. The maximum Gasteiger partial charge on any atom is 0.266 e. The average Bonchev–Trinajstić information content (AvgIpc) is 2.71. The van der Waals surface area contributed by atoms with Gasteiger partial charge in [0.25, 0.3) is 11.5 Å². The molecule has 1 aliphatic heterocycles. The highest BCUT2D eigenvalue weighted by Crippen LogP contribution is 2.28. The van der Waals surface area contributed by atoms with E-state index in [2.05, 4.69) is 15.2 Å². The lowest BCUT2D eigenvalue weighted by molar-refractivity contribution is 0.0935. The molecule has 3 rings (SSSR count). The van der Waals surface area contributed by atoms with Crippen LogP contribution in [0.4, 0.5) is 0 Å². The number of pyridine rings is 1. The molecule has 2 N–H and O–H groups in total. The van der Waals surface area contributed by atoms with Crippen molar-refractivity contribution < 1.29 is 9.53 Å². The topological polar surface area (TPSA) is 74.4 Å². The molecule has 1 saturated heterocycles. The number of ether oxygens (including phenoxy) is 1. The summed E-state index contributed by atoms with van der Waals surface area (Å²) in [4.78, 5) is 28.1. The van der Waals surface area contributed by atoms with Crippen LogP contribution in [0.15, 0.2) is 35.3 Å². The van der Waals surface area contributed by atoms with Gasteiger partial charge in [0.2, 0.25) is 0 Å². The molecule has 1 aliphatic rings. The number of benzene rings is 1. The first-order valence-corrected chi connectivity index (χ1v) is 10.6. The predicted molar refractivity (Wildman–Crippen MR) is 116 cm³/mol. The number of hydrogen-bond acceptors (Lipinski definition) is 4. The lowest BCUT2D eigenvalue weighted by Crippen LogP contribution is -2.39. The smallest absolute Gasteiger partial charge is 0.266 e. The third kappa shape index (κ3) is 6.37. The average molecular weight is 459 g/mol. The molecule has 2 aromatic rings. The Balaban J connectivity index is 1.34. The summed E-state index contributed by atoms with van der Waals surface area (Å²) in [5.74, 6) is 0.486. The zero-order valence-corrected chi connectivity index (χ0v) is 18.0. The summed E-state index contributed by atoms with van der Waals surface area (Å²) in [7, 11) is 0. The van der Waals surface area contributed by atoms with E-state index in [4.69, 9.17) is 39.5 Å². The summed E-state index contributed by atoms with van der Waals surface area (Å²) < 4.78 is 6.00. The third-order valence-corrected chi connectivity index (χ3v) is 5.80. The van der Waals surface area contributed by atoms with Gasteiger partial charge < -0.3 is 19.9 Å². The lowest BCUT2D eigenvalue weighted by atomic mass is 10.1. The van der Waals surface area contributed by atoms with Crippen molar-refractivity contribution in [3.8, 4) is 5.75 Å². The molecule has 0 aliphatic carbocycles. The Morgan fingerprint density at radius 2 is 1.90 bits per heavy atom. The van der Waals surface area contributed by atoms with Gasteiger partial charge in [-0.3, -0.25) is 9.59 Å². The fourth-order valence-electron chi connectivity index (χ4n) is 3.19. The number of halogens is 3. The van der Waals surface area contributed by atoms with E-state index < -0.39 is 5.56 Å². The molecule has 0 bridgehead atoms. The second-order valence-electron chi connectivity index (χ2n) is 6.91. The molecule has 0 saturated carbocycles. The first kappa shape index (κ1) is 22.0. The molecular formula is C20H22Cl3N3O3. The zero-order chi connectivity index (χ0) is 20.8. The van der Waals surface area contributed by atoms with Crippen LogP contribution in [0.2, 0.25) is 15.1 Å². The Morgan fingerprint density at radius 1 is 1.14 bits per heavy atom. The fourth-order valence-corrected chi connectivity index (χ4v) is 3.65. The predicted octanol–water partition coefficient (Wildman–Crippen LogP) is 4.00. The monoisotopic (exact) mass is 457 g/mol. The summed E-state index contributed by atoms with van der Waals surface area (Å²) >= 11 is 17.7. The van der Waals surface area contributed by atoms with E-state index in [1.165, 1.54) is 12.3 Å². The Bertz CT molecular complexity index is 911. The van der Waals surface area contributed by atoms with E-state index in [-0.39, 0.29) is 17.0 Å². The van der Waals surface area contributed by atoms with Crippen LogP contribution in [0.25, 0.3) is 0 Å². The Morgan fingerprint density at radius 3 is 2.59 bits per heavy atom. The standard InChI is InChI=1S/C20H22Cl3N3O3/c21-16-3-2-15(11-17(16)22)29-14-4-8-26(9-5-14)7-1-6-24-19(27)13-10-18(23)20(28)25-12-13/h2-3,10-12,14H,1,4-9H2,(H,24,27)(H,25,28). The summed E-state index contributed by atoms with van der Waals surface area (Å²) in [5.41, 5.74) is -0.0652. The van der Waals surface area contributed by atoms with Gasteiger partial charge in [0.05, 0.1) is 15.6 Å². The van der Waals surface area contributed by atoms with E-state index in [0.29, 0.717) is 22.2 Å². The van der Waals surface area contributed by atoms with Crippen LogP contribution in [-0.2, 0) is 0 Å². The van der Waals surface area contributed by atoms with Crippen molar-refractivity contribution in [2.45, 2.75) is 25.4 Å². The number of likely N-dealkylation sites (tertiary alicyclic amines) is 1. The van der Waals surface area contributed by atoms with Crippen LogP contribution >= 0.6 is 34.8 Å². The Labute approximate surface area is 184 Å². The van der Waals surface area contributed by atoms with Gasteiger partial charge in [0.15, 0.2) is 0 Å². The second-order valence-corrected chi connectivity index (χ2v) is 8.13. The molecule has 2 heterocycles. The van der Waals surface area contributed by atoms with Crippen molar-refractivity contribution in [1.82, 2.24) is 15.2 Å². The number of rotatable bonds is 7. The molecule has 0 atom stereocenters. The molecule has 1 fully saturated rings. The molecule has 156 valence electrons. The molecule has 0 radical (unpaired) electrons. The Kier molecular flexibility index (Phi) is 7.84. The number of amides is 1. The van der Waals surface area contributed by atoms with Crippen LogP contribution in [0.3, 0.4) is 0 Å². The highest BCUT2D eigenvalue weighted by molar-refractivity contribution is 6.42. The molecule has 6 nitrogen and oxygen atoms in total. The van der Waals surface area contributed by atoms with Gasteiger partial charge in [-0.15, -0.1) is 0 Å². The minimum absolute atomic E-state index is 0.00334. The van der Waals surface area contributed by atoms with Crippen molar-refractivity contribution in [2.75, 3.05) is 26.2 Å². The molecule has 9 heteroatoms. The summed E-state index contributed by atoms with van der Waals surface area (Å²) in [6.07, 6.45) is 4.22. The summed E-state index contributed by atoms with van der Waals surface area (Å²) in [5, 5.41) is 3.86. The van der Waals surface area contributed by atoms with Gasteiger partial charge in [-0.05, 0) is 44.0 Å². The highest BCUT2D eigenvalue weighted by atomic mass is 35.5. The van der Waals surface area contributed by atoms with E-state index in [9.17, 15) is 9.59 Å². The Hall–Kier alpha value is -1.73. The number of aromatic nitrogens is 1. The summed E-state index contributed by atoms with van der Waals surface area (Å²) in [6, 6.07) is 6.69. The number of aromatic amines is 1. The van der Waals surface area contributed by atoms with Gasteiger partial charge >= 0.3 is 0 Å². The second kappa shape index (κ2) is 10.3. The third-order valence-electron chi connectivity index (χ3n) is 4.79. The molecule has 0 unspecified atom stereocenters. The number of nitrogens with one attached hydrogen (secondary N) is 2. The largest absolute Gasteiger partial charge is 0.490 e. The minimum Gasteiger partial charge on any atom is -0.490 e. The van der Waals surface area contributed by atoms with E-state index in [1.54, 1.807) is 12.1 Å². The van der Waals surface area contributed by atoms with Crippen molar-refractivity contribution in [1.29, 1.82) is 0 Å². The van der Waals surface area contributed by atoms with Gasteiger partial charge in [-0.25, -0.2) is 0 Å². The zero-order valence-electron chi connectivity index (χ0n) is 15.7. The van der Waals surface area contributed by atoms with E-state index in [0.717, 1.165) is 44.6 Å². The number of piperidine rings is 1. The molecule has 1 aromatic heterocycles. The number of H-pyrrole nitrogens is 1. The van der Waals surface area contributed by atoms with Crippen molar-refractivity contribution in [2.24, 2.45) is 0 Å². The van der Waals surface area contributed by atoms with Gasteiger partial charge in [-0.2, -0.15) is 0 Å². The van der Waals surface area contributed by atoms with Crippen LogP contribution in [0.1, 0.15) is 29.6 Å². The SMILES string of the molecule is O=C(NCCCN1CCC(Oc2ccc(Cl)c(Cl)c2)CC1)c1c[nH]c(=O)c(Cl)c1. The minimum atomic E-state index is -0.408. The van der Waals surface area contributed by atoms with Crippen molar-refractivity contribution in [3.63, 3.8) is 0 Å². The van der Waals surface area contributed by atoms with Crippen LogP contribution in [-0.4, -0.2) is 48.1 Å². The maximum atomic E-state index is 12.1. The normalized spacial score (nSPS) is 15.3. The lowest BCUT2D eigenvalue weighted by Gasteiger charge is -2.32. The fraction of sp³-hybridized carbons (Fsp3) is 0.400. The highest BCUT2D eigenvalue weighted by Gasteiger charge is 2.20. The maximum absolute atomic E-state index is 12.1. The first-order valence-electron chi connectivity index (χ1n) is 9.43. The molecule has 29 heavy (non-hydrogen) atoms. The number of carbonyl (C=O) groups excluding carboxylic acids is 1. The van der Waals surface area contributed by atoms with Crippen molar-refractivity contribution in [3.05, 3.63) is 61.4 Å². The van der Waals surface area contributed by atoms with Gasteiger partial charge in [0, 0.05) is 31.9 Å². The molecule has 0 spiro atoms. The van der Waals surface area contributed by atoms with E-state index in [1.807, 2.05) is 6.07 Å². The van der Waals surface area contributed by atoms with Crippen molar-refractivity contribution >= 4 is 40.7 Å². The number of nitrogens with zero attached hydrogens (tertiary/aromatic N) is 1. The van der Waals surface area contributed by atoms with E-state index >= 15 is 0 Å². The molecular weight excluding hydrogens is 437 g/mol.